The molecule has 7 heteroatoms. The minimum atomic E-state index is -3.80. The summed E-state index contributed by atoms with van der Waals surface area (Å²) in [7, 11) is -3.80. The second-order valence-electron chi connectivity index (χ2n) is 4.61. The molecule has 0 radical (unpaired) electrons. The smallest absolute Gasteiger partial charge is 0.240 e. The highest BCUT2D eigenvalue weighted by atomic mass is 32.2. The van der Waals surface area contributed by atoms with Crippen molar-refractivity contribution in [3.05, 3.63) is 36.2 Å². The summed E-state index contributed by atoms with van der Waals surface area (Å²) in [6.07, 6.45) is 1.81. The zero-order chi connectivity index (χ0) is 14.2. The van der Waals surface area contributed by atoms with Crippen molar-refractivity contribution >= 4 is 15.7 Å². The monoisotopic (exact) mass is 280 g/mol. The van der Waals surface area contributed by atoms with Crippen molar-refractivity contribution in [3.63, 3.8) is 0 Å². The fraction of sp³-hybridized carbons (Fsp3) is 0.250. The SMILES string of the molecule is CC(C)c1ccn(-c2ccc(S(N)(=O)=O)c(N)c2)n1. The maximum Gasteiger partial charge on any atom is 0.240 e. The van der Waals surface area contributed by atoms with Crippen molar-refractivity contribution in [2.75, 3.05) is 5.73 Å². The summed E-state index contributed by atoms with van der Waals surface area (Å²) < 4.78 is 24.2. The number of nitrogens with two attached hydrogens (primary N) is 2. The van der Waals surface area contributed by atoms with Crippen LogP contribution >= 0.6 is 0 Å². The van der Waals surface area contributed by atoms with Gasteiger partial charge in [-0.25, -0.2) is 18.2 Å². The summed E-state index contributed by atoms with van der Waals surface area (Å²) in [6.45, 7) is 4.09. The van der Waals surface area contributed by atoms with Gasteiger partial charge in [-0.05, 0) is 30.2 Å². The molecule has 0 amide bonds. The van der Waals surface area contributed by atoms with Crippen LogP contribution in [-0.4, -0.2) is 18.2 Å². The molecule has 2 aromatic rings. The number of hydrogen-bond donors (Lipinski definition) is 2. The zero-order valence-electron chi connectivity index (χ0n) is 10.7. The van der Waals surface area contributed by atoms with Gasteiger partial charge in [0.2, 0.25) is 10.0 Å². The van der Waals surface area contributed by atoms with Gasteiger partial charge in [-0.15, -0.1) is 0 Å². The van der Waals surface area contributed by atoms with Crippen molar-refractivity contribution in [3.8, 4) is 5.69 Å². The molecular formula is C12H16N4O2S. The Morgan fingerprint density at radius 1 is 1.26 bits per heavy atom. The molecule has 0 atom stereocenters. The summed E-state index contributed by atoms with van der Waals surface area (Å²) in [6, 6.07) is 6.45. The lowest BCUT2D eigenvalue weighted by Crippen LogP contribution is -2.14. The van der Waals surface area contributed by atoms with Gasteiger partial charge in [-0.3, -0.25) is 0 Å². The first-order valence-electron chi connectivity index (χ1n) is 5.77. The number of rotatable bonds is 3. The predicted molar refractivity (Wildman–Crippen MR) is 73.4 cm³/mol. The summed E-state index contributed by atoms with van der Waals surface area (Å²) in [5.41, 5.74) is 7.47. The molecule has 0 fully saturated rings. The standard InChI is InChI=1S/C12H16N4O2S/c1-8(2)11-5-6-16(15-11)9-3-4-12(10(13)7-9)19(14,17)18/h3-8H,13H2,1-2H3,(H2,14,17,18). The lowest BCUT2D eigenvalue weighted by molar-refractivity contribution is 0.598. The van der Waals surface area contributed by atoms with E-state index >= 15 is 0 Å². The van der Waals surface area contributed by atoms with Crippen LogP contribution in [0.25, 0.3) is 5.69 Å². The average Bonchev–Trinajstić information content (AvgIpc) is 2.76. The molecule has 19 heavy (non-hydrogen) atoms. The molecule has 1 aromatic carbocycles. The van der Waals surface area contributed by atoms with Gasteiger partial charge in [0, 0.05) is 6.20 Å². The molecule has 0 saturated heterocycles. The molecule has 1 heterocycles. The van der Waals surface area contributed by atoms with E-state index in [-0.39, 0.29) is 10.6 Å². The fourth-order valence-corrected chi connectivity index (χ4v) is 2.37. The first kappa shape index (κ1) is 13.6. The van der Waals surface area contributed by atoms with Gasteiger partial charge in [0.25, 0.3) is 0 Å². The van der Waals surface area contributed by atoms with Crippen molar-refractivity contribution < 1.29 is 8.42 Å². The Labute approximate surface area is 112 Å². The van der Waals surface area contributed by atoms with Crippen LogP contribution in [0.1, 0.15) is 25.5 Å². The molecule has 0 unspecified atom stereocenters. The Kier molecular flexibility index (Phi) is 3.34. The number of aromatic nitrogens is 2. The molecule has 2 rings (SSSR count). The van der Waals surface area contributed by atoms with Crippen molar-refractivity contribution in [1.82, 2.24) is 9.78 Å². The Balaban J connectivity index is 2.44. The Morgan fingerprint density at radius 3 is 2.42 bits per heavy atom. The number of hydrogen-bond acceptors (Lipinski definition) is 4. The molecule has 0 saturated carbocycles. The molecule has 0 aliphatic rings. The number of sulfonamides is 1. The summed E-state index contributed by atoms with van der Waals surface area (Å²) in [5, 5.41) is 9.45. The second-order valence-corrected chi connectivity index (χ2v) is 6.14. The zero-order valence-corrected chi connectivity index (χ0v) is 11.6. The highest BCUT2D eigenvalue weighted by Gasteiger charge is 2.13. The van der Waals surface area contributed by atoms with Gasteiger partial charge < -0.3 is 5.73 Å². The van der Waals surface area contributed by atoms with Crippen LogP contribution in [0.3, 0.4) is 0 Å². The number of nitrogens with zero attached hydrogens (tertiary/aromatic N) is 2. The Hall–Kier alpha value is -1.86. The van der Waals surface area contributed by atoms with Crippen LogP contribution in [0.2, 0.25) is 0 Å². The largest absolute Gasteiger partial charge is 0.398 e. The third-order valence-corrected chi connectivity index (χ3v) is 3.75. The quantitative estimate of drug-likeness (QED) is 0.825. The molecule has 4 N–H and O–H groups in total. The molecule has 0 aliphatic heterocycles. The molecule has 1 aromatic heterocycles. The van der Waals surface area contributed by atoms with Crippen LogP contribution in [-0.2, 0) is 10.0 Å². The first-order valence-corrected chi connectivity index (χ1v) is 7.32. The number of primary sulfonamides is 1. The van der Waals surface area contributed by atoms with Gasteiger partial charge in [-0.1, -0.05) is 13.8 Å². The molecule has 102 valence electrons. The van der Waals surface area contributed by atoms with Crippen molar-refractivity contribution in [2.24, 2.45) is 5.14 Å². The minimum Gasteiger partial charge on any atom is -0.398 e. The van der Waals surface area contributed by atoms with Crippen molar-refractivity contribution in [1.29, 1.82) is 0 Å². The van der Waals surface area contributed by atoms with E-state index in [4.69, 9.17) is 10.9 Å². The molecule has 0 bridgehead atoms. The van der Waals surface area contributed by atoms with E-state index in [0.29, 0.717) is 11.6 Å². The molecule has 0 spiro atoms. The fourth-order valence-electron chi connectivity index (χ4n) is 1.73. The highest BCUT2D eigenvalue weighted by molar-refractivity contribution is 7.89. The lowest BCUT2D eigenvalue weighted by atomic mass is 10.1. The average molecular weight is 280 g/mol. The third-order valence-electron chi connectivity index (χ3n) is 2.77. The topological polar surface area (TPSA) is 104 Å². The third kappa shape index (κ3) is 2.77. The van der Waals surface area contributed by atoms with E-state index in [1.807, 2.05) is 19.9 Å². The molecular weight excluding hydrogens is 264 g/mol. The number of benzene rings is 1. The first-order chi connectivity index (χ1) is 8.79. The van der Waals surface area contributed by atoms with Crippen LogP contribution in [0, 0.1) is 0 Å². The Bertz CT molecular complexity index is 704. The second kappa shape index (κ2) is 4.67. The van der Waals surface area contributed by atoms with E-state index in [1.165, 1.54) is 12.1 Å². The maximum absolute atomic E-state index is 11.3. The van der Waals surface area contributed by atoms with Gasteiger partial charge in [0.05, 0.1) is 17.1 Å². The number of nitrogen functional groups attached to an aromatic ring is 1. The molecule has 0 aliphatic carbocycles. The van der Waals surface area contributed by atoms with Crippen LogP contribution in [0.15, 0.2) is 35.4 Å². The van der Waals surface area contributed by atoms with Gasteiger partial charge in [-0.2, -0.15) is 5.10 Å². The van der Waals surface area contributed by atoms with E-state index in [9.17, 15) is 8.42 Å². The van der Waals surface area contributed by atoms with Crippen LogP contribution < -0.4 is 10.9 Å². The van der Waals surface area contributed by atoms with E-state index in [1.54, 1.807) is 16.9 Å². The van der Waals surface area contributed by atoms with Gasteiger partial charge in [0.1, 0.15) is 4.90 Å². The summed E-state index contributed by atoms with van der Waals surface area (Å²) >= 11 is 0. The maximum atomic E-state index is 11.3. The van der Waals surface area contributed by atoms with Gasteiger partial charge in [0.15, 0.2) is 0 Å². The van der Waals surface area contributed by atoms with E-state index < -0.39 is 10.0 Å². The van der Waals surface area contributed by atoms with E-state index in [2.05, 4.69) is 5.10 Å². The predicted octanol–water partition coefficient (Wildman–Crippen LogP) is 1.23. The van der Waals surface area contributed by atoms with Gasteiger partial charge >= 0.3 is 0 Å². The summed E-state index contributed by atoms with van der Waals surface area (Å²) in [4.78, 5) is -0.0764. The minimum absolute atomic E-state index is 0.0764. The highest BCUT2D eigenvalue weighted by Crippen LogP contribution is 2.21. The lowest BCUT2D eigenvalue weighted by Gasteiger charge is -2.07. The Morgan fingerprint density at radius 2 is 1.95 bits per heavy atom. The van der Waals surface area contributed by atoms with E-state index in [0.717, 1.165) is 5.69 Å². The number of anilines is 1. The van der Waals surface area contributed by atoms with Crippen molar-refractivity contribution in [2.45, 2.75) is 24.7 Å². The van der Waals surface area contributed by atoms with Crippen LogP contribution in [0.4, 0.5) is 5.69 Å². The summed E-state index contributed by atoms with van der Waals surface area (Å²) in [5.74, 6) is 0.322. The van der Waals surface area contributed by atoms with Crippen LogP contribution in [0.5, 0.6) is 0 Å². The molecule has 6 nitrogen and oxygen atoms in total. The normalized spacial score (nSPS) is 12.0.